The lowest BCUT2D eigenvalue weighted by Gasteiger charge is -2.31. The molecule has 0 bridgehead atoms. The Kier molecular flexibility index (Phi) is 3.61. The smallest absolute Gasteiger partial charge is 0.325 e. The van der Waals surface area contributed by atoms with Crippen LogP contribution in [0.15, 0.2) is 24.3 Å². The number of rotatable bonds is 3. The summed E-state index contributed by atoms with van der Waals surface area (Å²) in [7, 11) is 0. The zero-order chi connectivity index (χ0) is 12.3. The van der Waals surface area contributed by atoms with Crippen LogP contribution in [0.2, 0.25) is 0 Å². The number of hydrogen-bond donors (Lipinski definition) is 2. The van der Waals surface area contributed by atoms with Gasteiger partial charge in [-0.25, -0.2) is 0 Å². The number of nitrogens with two attached hydrogens (primary N) is 1. The predicted molar refractivity (Wildman–Crippen MR) is 64.0 cm³/mol. The van der Waals surface area contributed by atoms with Gasteiger partial charge in [0.15, 0.2) is 0 Å². The van der Waals surface area contributed by atoms with Crippen molar-refractivity contribution >= 4 is 11.7 Å². The molecule has 1 fully saturated rings. The van der Waals surface area contributed by atoms with Crippen molar-refractivity contribution in [2.45, 2.75) is 6.04 Å². The molecule has 0 radical (unpaired) electrons. The van der Waals surface area contributed by atoms with Crippen LogP contribution in [0.1, 0.15) is 11.6 Å². The summed E-state index contributed by atoms with van der Waals surface area (Å²) in [6.07, 6.45) is 0. The quantitative estimate of drug-likeness (QED) is 0.804. The fraction of sp³-hybridized carbons (Fsp3) is 0.417. The van der Waals surface area contributed by atoms with E-state index in [1.54, 1.807) is 6.07 Å². The molecule has 1 aromatic rings. The molecule has 0 aromatic heterocycles. The summed E-state index contributed by atoms with van der Waals surface area (Å²) in [6.45, 7) is 2.86. The molecule has 0 spiro atoms. The third-order valence-electron chi connectivity index (χ3n) is 2.89. The van der Waals surface area contributed by atoms with Crippen LogP contribution in [0.5, 0.6) is 0 Å². The first-order valence-electron chi connectivity index (χ1n) is 5.60. The van der Waals surface area contributed by atoms with Gasteiger partial charge in [-0.1, -0.05) is 18.2 Å². The number of anilines is 1. The molecule has 0 amide bonds. The molecule has 92 valence electrons. The first kappa shape index (κ1) is 11.9. The Morgan fingerprint density at radius 2 is 2.00 bits per heavy atom. The number of morpholine rings is 1. The summed E-state index contributed by atoms with van der Waals surface area (Å²) in [4.78, 5) is 13.1. The number of benzene rings is 1. The van der Waals surface area contributed by atoms with Crippen molar-refractivity contribution in [2.24, 2.45) is 5.73 Å². The molecule has 3 N–H and O–H groups in total. The minimum atomic E-state index is -1.01. The molecule has 1 heterocycles. The Labute approximate surface area is 99.8 Å². The second-order valence-electron chi connectivity index (χ2n) is 3.97. The normalized spacial score (nSPS) is 17.8. The maximum absolute atomic E-state index is 11.0. The molecule has 1 aromatic carbocycles. The van der Waals surface area contributed by atoms with E-state index in [1.807, 2.05) is 18.2 Å². The molecule has 1 aliphatic rings. The number of carboxylic acid groups (broad SMARTS) is 1. The van der Waals surface area contributed by atoms with Crippen molar-refractivity contribution in [3.8, 4) is 0 Å². The van der Waals surface area contributed by atoms with Crippen molar-refractivity contribution in [3.05, 3.63) is 29.8 Å². The van der Waals surface area contributed by atoms with E-state index in [-0.39, 0.29) is 0 Å². The van der Waals surface area contributed by atoms with E-state index in [4.69, 9.17) is 15.6 Å². The Bertz CT molecular complexity index is 402. The highest BCUT2D eigenvalue weighted by Gasteiger charge is 2.21. The van der Waals surface area contributed by atoms with Crippen molar-refractivity contribution in [1.29, 1.82) is 0 Å². The van der Waals surface area contributed by atoms with Crippen LogP contribution < -0.4 is 10.6 Å². The summed E-state index contributed by atoms with van der Waals surface area (Å²) in [5, 5.41) is 8.99. The second-order valence-corrected chi connectivity index (χ2v) is 3.97. The molecule has 17 heavy (non-hydrogen) atoms. The Morgan fingerprint density at radius 3 is 2.65 bits per heavy atom. The van der Waals surface area contributed by atoms with Gasteiger partial charge in [-0.3, -0.25) is 4.79 Å². The summed E-state index contributed by atoms with van der Waals surface area (Å²) >= 11 is 0. The fourth-order valence-electron chi connectivity index (χ4n) is 1.98. The van der Waals surface area contributed by atoms with Gasteiger partial charge in [0, 0.05) is 24.3 Å². The minimum absolute atomic E-state index is 0.655. The van der Waals surface area contributed by atoms with Crippen LogP contribution in [0, 0.1) is 0 Å². The van der Waals surface area contributed by atoms with Crippen LogP contribution in [-0.4, -0.2) is 37.4 Å². The van der Waals surface area contributed by atoms with Crippen LogP contribution in [0.25, 0.3) is 0 Å². The molecule has 0 saturated carbocycles. The number of aliphatic carboxylic acids is 1. The Morgan fingerprint density at radius 1 is 1.35 bits per heavy atom. The largest absolute Gasteiger partial charge is 0.480 e. The summed E-state index contributed by atoms with van der Waals surface area (Å²) < 4.78 is 5.28. The van der Waals surface area contributed by atoms with E-state index in [2.05, 4.69) is 4.90 Å². The third kappa shape index (κ3) is 2.57. The topological polar surface area (TPSA) is 75.8 Å². The fourth-order valence-corrected chi connectivity index (χ4v) is 1.98. The van der Waals surface area contributed by atoms with E-state index >= 15 is 0 Å². The summed E-state index contributed by atoms with van der Waals surface area (Å²) in [5.41, 5.74) is 7.24. The van der Waals surface area contributed by atoms with Gasteiger partial charge < -0.3 is 20.5 Å². The summed E-state index contributed by atoms with van der Waals surface area (Å²) in [5.74, 6) is -1.01. The van der Waals surface area contributed by atoms with Gasteiger partial charge in [-0.15, -0.1) is 0 Å². The first-order valence-corrected chi connectivity index (χ1v) is 5.60. The van der Waals surface area contributed by atoms with Crippen LogP contribution in [-0.2, 0) is 9.53 Å². The standard InChI is InChI=1S/C12H16N2O3/c13-11(12(15)16)9-3-1-2-4-10(9)14-5-7-17-8-6-14/h1-4,11H,5-8,13H2,(H,15,16)/t11-/m0/s1. The molecular formula is C12H16N2O3. The number of nitrogens with zero attached hydrogens (tertiary/aromatic N) is 1. The highest BCUT2D eigenvalue weighted by molar-refractivity contribution is 5.78. The second kappa shape index (κ2) is 5.16. The van der Waals surface area contributed by atoms with Crippen LogP contribution in [0.3, 0.4) is 0 Å². The maximum Gasteiger partial charge on any atom is 0.325 e. The van der Waals surface area contributed by atoms with E-state index in [0.717, 1.165) is 18.8 Å². The third-order valence-corrected chi connectivity index (χ3v) is 2.89. The van der Waals surface area contributed by atoms with Crippen LogP contribution >= 0.6 is 0 Å². The minimum Gasteiger partial charge on any atom is -0.480 e. The molecule has 5 heteroatoms. The monoisotopic (exact) mass is 236 g/mol. The van der Waals surface area contributed by atoms with Gasteiger partial charge >= 0.3 is 5.97 Å². The first-order chi connectivity index (χ1) is 8.20. The van der Waals surface area contributed by atoms with Gasteiger partial charge in [0.1, 0.15) is 6.04 Å². The van der Waals surface area contributed by atoms with Crippen molar-refractivity contribution in [1.82, 2.24) is 0 Å². The zero-order valence-corrected chi connectivity index (χ0v) is 9.50. The molecule has 0 aliphatic carbocycles. The lowest BCUT2D eigenvalue weighted by Crippen LogP contribution is -2.37. The maximum atomic E-state index is 11.0. The van der Waals surface area contributed by atoms with E-state index in [0.29, 0.717) is 18.8 Å². The molecule has 0 unspecified atom stereocenters. The van der Waals surface area contributed by atoms with Gasteiger partial charge in [-0.2, -0.15) is 0 Å². The molecule has 1 atom stereocenters. The molecule has 2 rings (SSSR count). The molecule has 5 nitrogen and oxygen atoms in total. The van der Waals surface area contributed by atoms with E-state index in [9.17, 15) is 4.79 Å². The number of ether oxygens (including phenoxy) is 1. The average molecular weight is 236 g/mol. The molecule has 1 aliphatic heterocycles. The number of carbonyl (C=O) groups is 1. The Hall–Kier alpha value is -1.59. The van der Waals surface area contributed by atoms with Crippen molar-refractivity contribution < 1.29 is 14.6 Å². The average Bonchev–Trinajstić information content (AvgIpc) is 2.39. The highest BCUT2D eigenvalue weighted by atomic mass is 16.5. The van der Waals surface area contributed by atoms with Crippen LogP contribution in [0.4, 0.5) is 5.69 Å². The van der Waals surface area contributed by atoms with Gasteiger partial charge in [-0.05, 0) is 6.07 Å². The zero-order valence-electron chi connectivity index (χ0n) is 9.50. The van der Waals surface area contributed by atoms with Gasteiger partial charge in [0.25, 0.3) is 0 Å². The van der Waals surface area contributed by atoms with Gasteiger partial charge in [0.2, 0.25) is 0 Å². The van der Waals surface area contributed by atoms with Gasteiger partial charge in [0.05, 0.1) is 13.2 Å². The lowest BCUT2D eigenvalue weighted by atomic mass is 10.0. The number of carboxylic acids is 1. The SMILES string of the molecule is N[C@H](C(=O)O)c1ccccc1N1CCOCC1. The van der Waals surface area contributed by atoms with Crippen molar-refractivity contribution in [2.75, 3.05) is 31.2 Å². The lowest BCUT2D eigenvalue weighted by molar-refractivity contribution is -0.138. The molecule has 1 saturated heterocycles. The number of para-hydroxylation sites is 1. The highest BCUT2D eigenvalue weighted by Crippen LogP contribution is 2.25. The molecular weight excluding hydrogens is 220 g/mol. The Balaban J connectivity index is 2.29. The van der Waals surface area contributed by atoms with Crippen molar-refractivity contribution in [3.63, 3.8) is 0 Å². The van der Waals surface area contributed by atoms with E-state index in [1.165, 1.54) is 0 Å². The summed E-state index contributed by atoms with van der Waals surface area (Å²) in [6, 6.07) is 6.40. The predicted octanol–water partition coefficient (Wildman–Crippen LogP) is 0.608. The van der Waals surface area contributed by atoms with E-state index < -0.39 is 12.0 Å². The number of hydrogen-bond acceptors (Lipinski definition) is 4.